The first-order valence-corrected chi connectivity index (χ1v) is 11.1. The zero-order valence-corrected chi connectivity index (χ0v) is 15.7. The first-order valence-electron chi connectivity index (χ1n) is 8.23. The van der Waals surface area contributed by atoms with Gasteiger partial charge in [-0.05, 0) is 44.3 Å². The Morgan fingerprint density at radius 3 is 2.10 bits per heavy atom. The smallest absolute Gasteiger partial charge is 0.191 e. The van der Waals surface area contributed by atoms with Gasteiger partial charge >= 0.3 is 0 Å². The molecule has 0 aromatic rings. The summed E-state index contributed by atoms with van der Waals surface area (Å²) in [6.45, 7) is 14.6. The van der Waals surface area contributed by atoms with Crippen LogP contribution in [0.5, 0.6) is 0 Å². The molecule has 0 aliphatic rings. The highest BCUT2D eigenvalue weighted by atomic mass is 28.4. The summed E-state index contributed by atoms with van der Waals surface area (Å²) in [5.41, 5.74) is 0. The molecule has 0 atom stereocenters. The lowest BCUT2D eigenvalue weighted by atomic mass is 10.1. The first kappa shape index (κ1) is 19.7. The van der Waals surface area contributed by atoms with Crippen LogP contribution in [0.25, 0.3) is 0 Å². The minimum absolute atomic E-state index is 0.340. The average Bonchev–Trinajstić information content (AvgIpc) is 2.34. The van der Waals surface area contributed by atoms with E-state index >= 15 is 0 Å². The molecule has 0 unspecified atom stereocenters. The van der Waals surface area contributed by atoms with Crippen LogP contribution < -0.4 is 0 Å². The van der Waals surface area contributed by atoms with Gasteiger partial charge in [-0.2, -0.15) is 0 Å². The summed E-state index contributed by atoms with van der Waals surface area (Å²) < 4.78 is 6.19. The summed E-state index contributed by atoms with van der Waals surface area (Å²) in [5.74, 6) is 0. The predicted octanol–water partition coefficient (Wildman–Crippen LogP) is 6.48. The Bertz CT molecular complexity index is 284. The SMILES string of the molecule is C/C=C/C=C/CCCCCCCO[Si](C)(C)C(C)(C)C. The number of allylic oxidation sites excluding steroid dienone is 4. The molecule has 0 saturated carbocycles. The Morgan fingerprint density at radius 1 is 0.900 bits per heavy atom. The first-order chi connectivity index (χ1) is 9.31. The fourth-order valence-electron chi connectivity index (χ4n) is 1.72. The van der Waals surface area contributed by atoms with E-state index < -0.39 is 8.32 Å². The topological polar surface area (TPSA) is 9.23 Å². The van der Waals surface area contributed by atoms with E-state index in [0.29, 0.717) is 5.04 Å². The van der Waals surface area contributed by atoms with Crippen molar-refractivity contribution in [3.05, 3.63) is 24.3 Å². The molecule has 0 aromatic carbocycles. The van der Waals surface area contributed by atoms with Crippen molar-refractivity contribution in [1.29, 1.82) is 0 Å². The van der Waals surface area contributed by atoms with E-state index in [4.69, 9.17) is 4.43 Å². The molecular formula is C18H36OSi. The zero-order valence-electron chi connectivity index (χ0n) is 14.7. The second-order valence-corrected chi connectivity index (χ2v) is 11.9. The van der Waals surface area contributed by atoms with Crippen molar-refractivity contribution in [1.82, 2.24) is 0 Å². The van der Waals surface area contributed by atoms with Crippen molar-refractivity contribution in [3.63, 3.8) is 0 Å². The van der Waals surface area contributed by atoms with E-state index in [1.54, 1.807) is 0 Å². The highest BCUT2D eigenvalue weighted by Gasteiger charge is 2.36. The van der Waals surface area contributed by atoms with Crippen molar-refractivity contribution in [2.45, 2.75) is 84.4 Å². The highest BCUT2D eigenvalue weighted by Crippen LogP contribution is 2.36. The van der Waals surface area contributed by atoms with Gasteiger partial charge in [0.25, 0.3) is 0 Å². The molecule has 0 heterocycles. The minimum Gasteiger partial charge on any atom is -0.417 e. The monoisotopic (exact) mass is 296 g/mol. The molecule has 1 nitrogen and oxygen atoms in total. The fourth-order valence-corrected chi connectivity index (χ4v) is 2.81. The van der Waals surface area contributed by atoms with E-state index in [2.05, 4.69) is 65.1 Å². The molecule has 0 spiro atoms. The van der Waals surface area contributed by atoms with E-state index in [1.807, 2.05) is 0 Å². The van der Waals surface area contributed by atoms with Gasteiger partial charge in [0.05, 0.1) is 0 Å². The Balaban J connectivity index is 3.46. The van der Waals surface area contributed by atoms with Crippen molar-refractivity contribution in [3.8, 4) is 0 Å². The maximum absolute atomic E-state index is 6.19. The third-order valence-corrected chi connectivity index (χ3v) is 8.76. The van der Waals surface area contributed by atoms with Crippen LogP contribution in [-0.2, 0) is 4.43 Å². The van der Waals surface area contributed by atoms with Crippen LogP contribution in [-0.4, -0.2) is 14.9 Å². The maximum Gasteiger partial charge on any atom is 0.191 e. The summed E-state index contributed by atoms with van der Waals surface area (Å²) in [4.78, 5) is 0. The van der Waals surface area contributed by atoms with Crippen LogP contribution in [0, 0.1) is 0 Å². The zero-order chi connectivity index (χ0) is 15.5. The van der Waals surface area contributed by atoms with Gasteiger partial charge in [-0.25, -0.2) is 0 Å². The van der Waals surface area contributed by atoms with Crippen molar-refractivity contribution >= 4 is 8.32 Å². The van der Waals surface area contributed by atoms with E-state index in [9.17, 15) is 0 Å². The van der Waals surface area contributed by atoms with Crippen LogP contribution >= 0.6 is 0 Å². The number of unbranched alkanes of at least 4 members (excludes halogenated alkanes) is 5. The molecule has 0 N–H and O–H groups in total. The van der Waals surface area contributed by atoms with Gasteiger partial charge in [-0.15, -0.1) is 0 Å². The average molecular weight is 297 g/mol. The third kappa shape index (κ3) is 9.54. The molecule has 0 aliphatic heterocycles. The van der Waals surface area contributed by atoms with Gasteiger partial charge in [0.2, 0.25) is 0 Å². The largest absolute Gasteiger partial charge is 0.417 e. The van der Waals surface area contributed by atoms with Gasteiger partial charge in [0.1, 0.15) is 0 Å². The summed E-state index contributed by atoms with van der Waals surface area (Å²) in [7, 11) is -1.51. The molecule has 0 saturated heterocycles. The Morgan fingerprint density at radius 2 is 1.50 bits per heavy atom. The molecular weight excluding hydrogens is 260 g/mol. The van der Waals surface area contributed by atoms with Crippen LogP contribution in [0.3, 0.4) is 0 Å². The van der Waals surface area contributed by atoms with Crippen molar-refractivity contribution in [2.24, 2.45) is 0 Å². The second kappa shape index (κ2) is 10.4. The van der Waals surface area contributed by atoms with E-state index in [-0.39, 0.29) is 0 Å². The summed E-state index contributed by atoms with van der Waals surface area (Å²) in [6.07, 6.45) is 16.3. The quantitative estimate of drug-likeness (QED) is 0.254. The van der Waals surface area contributed by atoms with Crippen molar-refractivity contribution in [2.75, 3.05) is 6.61 Å². The summed E-state index contributed by atoms with van der Waals surface area (Å²) in [6, 6.07) is 0. The van der Waals surface area contributed by atoms with Gasteiger partial charge in [0.15, 0.2) is 8.32 Å². The predicted molar refractivity (Wildman–Crippen MR) is 94.8 cm³/mol. The molecule has 0 rings (SSSR count). The Labute approximate surface area is 128 Å². The van der Waals surface area contributed by atoms with E-state index in [1.165, 1.54) is 38.5 Å². The standard InChI is InChI=1S/C18H36OSi/c1-7-8-9-10-11-12-13-14-15-16-17-19-20(5,6)18(2,3)4/h7-10H,11-17H2,1-6H3/b8-7+,10-9+. The number of hydrogen-bond acceptors (Lipinski definition) is 1. The van der Waals surface area contributed by atoms with Gasteiger partial charge in [-0.1, -0.05) is 64.3 Å². The lowest BCUT2D eigenvalue weighted by Gasteiger charge is -2.36. The Kier molecular flexibility index (Phi) is 10.2. The molecule has 0 aliphatic carbocycles. The van der Waals surface area contributed by atoms with Crippen LogP contribution in [0.15, 0.2) is 24.3 Å². The summed E-state index contributed by atoms with van der Waals surface area (Å²) in [5, 5.41) is 0.340. The van der Waals surface area contributed by atoms with Crippen molar-refractivity contribution < 1.29 is 4.43 Å². The minimum atomic E-state index is -1.51. The molecule has 0 amide bonds. The van der Waals surface area contributed by atoms with Gasteiger partial charge < -0.3 is 4.43 Å². The fraction of sp³-hybridized carbons (Fsp3) is 0.778. The lowest BCUT2D eigenvalue weighted by molar-refractivity contribution is 0.277. The molecule has 0 bridgehead atoms. The lowest BCUT2D eigenvalue weighted by Crippen LogP contribution is -2.40. The second-order valence-electron chi connectivity index (χ2n) is 7.12. The van der Waals surface area contributed by atoms with Gasteiger partial charge in [-0.3, -0.25) is 0 Å². The van der Waals surface area contributed by atoms with Gasteiger partial charge in [0, 0.05) is 6.61 Å². The molecule has 0 aromatic heterocycles. The summed E-state index contributed by atoms with van der Waals surface area (Å²) >= 11 is 0. The Hall–Kier alpha value is -0.343. The maximum atomic E-state index is 6.19. The number of rotatable bonds is 10. The third-order valence-electron chi connectivity index (χ3n) is 4.22. The van der Waals surface area contributed by atoms with Crippen LogP contribution in [0.1, 0.15) is 66.2 Å². The molecule has 20 heavy (non-hydrogen) atoms. The molecule has 2 heteroatoms. The van der Waals surface area contributed by atoms with Crippen LogP contribution in [0.4, 0.5) is 0 Å². The van der Waals surface area contributed by atoms with E-state index in [0.717, 1.165) is 6.61 Å². The normalized spacial score (nSPS) is 13.7. The van der Waals surface area contributed by atoms with Crippen LogP contribution in [0.2, 0.25) is 18.1 Å². The number of hydrogen-bond donors (Lipinski definition) is 0. The molecule has 0 fully saturated rings. The molecule has 0 radical (unpaired) electrons. The molecule has 118 valence electrons. The highest BCUT2D eigenvalue weighted by molar-refractivity contribution is 6.74.